The van der Waals surface area contributed by atoms with E-state index in [-0.39, 0.29) is 5.91 Å². The molecule has 2 N–H and O–H groups in total. The zero-order valence-corrected chi connectivity index (χ0v) is 17.2. The third-order valence-corrected chi connectivity index (χ3v) is 6.51. The number of nitrogens with zero attached hydrogens (tertiary/aromatic N) is 1. The van der Waals surface area contributed by atoms with Gasteiger partial charge < -0.3 is 20.1 Å². The number of rotatable bonds is 6. The smallest absolute Gasteiger partial charge is 0.238 e. The number of amides is 1. The summed E-state index contributed by atoms with van der Waals surface area (Å²) in [6.07, 6.45) is 4.28. The van der Waals surface area contributed by atoms with Crippen LogP contribution >= 0.6 is 0 Å². The molecule has 0 radical (unpaired) electrons. The van der Waals surface area contributed by atoms with Gasteiger partial charge in [0.1, 0.15) is 5.75 Å². The fraction of sp³-hybridized carbons (Fsp3) is 0.458. The number of aliphatic hydroxyl groups is 1. The number of aliphatic hydroxyl groups excluding tert-OH is 1. The lowest BCUT2D eigenvalue weighted by Gasteiger charge is -2.36. The fourth-order valence-electron chi connectivity index (χ4n) is 5.13. The first-order valence-corrected chi connectivity index (χ1v) is 10.5. The highest BCUT2D eigenvalue weighted by molar-refractivity contribution is 6.09. The summed E-state index contributed by atoms with van der Waals surface area (Å²) < 4.78 is 5.48. The molecule has 1 aliphatic carbocycles. The van der Waals surface area contributed by atoms with Gasteiger partial charge in [0.15, 0.2) is 0 Å². The molecule has 1 aliphatic heterocycles. The second kappa shape index (κ2) is 8.17. The van der Waals surface area contributed by atoms with Crippen LogP contribution in [0.2, 0.25) is 0 Å². The van der Waals surface area contributed by atoms with E-state index in [1.54, 1.807) is 7.11 Å². The van der Waals surface area contributed by atoms with Crippen LogP contribution < -0.4 is 15.0 Å². The standard InChI is InChI=1S/C24H30N2O3/c1-25-16-21(27)22(17-9-5-3-6-10-17)26-20-15-18(29-2)11-12-19(20)24(23(26)28)13-7-4-8-14-24/h3,5-6,9-12,15,21-22,25,27H,4,7-8,13-14,16H2,1-2H3/t21-,22+/m1/s1. The van der Waals surface area contributed by atoms with Crippen LogP contribution in [0.5, 0.6) is 5.75 Å². The summed E-state index contributed by atoms with van der Waals surface area (Å²) in [5, 5.41) is 14.2. The molecule has 2 aromatic rings. The van der Waals surface area contributed by atoms with Gasteiger partial charge in [-0.05, 0) is 37.1 Å². The van der Waals surface area contributed by atoms with Crippen LogP contribution in [-0.4, -0.2) is 37.8 Å². The molecule has 0 bridgehead atoms. The second-order valence-electron chi connectivity index (χ2n) is 8.18. The Labute approximate surface area is 172 Å². The molecule has 1 amide bonds. The van der Waals surface area contributed by atoms with Crippen molar-refractivity contribution in [2.75, 3.05) is 25.6 Å². The van der Waals surface area contributed by atoms with Crippen molar-refractivity contribution >= 4 is 11.6 Å². The van der Waals surface area contributed by atoms with Gasteiger partial charge in [0.2, 0.25) is 5.91 Å². The van der Waals surface area contributed by atoms with E-state index in [2.05, 4.69) is 11.4 Å². The van der Waals surface area contributed by atoms with Gasteiger partial charge in [0, 0.05) is 12.6 Å². The Morgan fingerprint density at radius 1 is 1.14 bits per heavy atom. The highest BCUT2D eigenvalue weighted by Crippen LogP contribution is 2.53. The minimum Gasteiger partial charge on any atom is -0.497 e. The molecule has 1 spiro atoms. The first-order valence-electron chi connectivity index (χ1n) is 10.5. The number of ether oxygens (including phenoxy) is 1. The summed E-state index contributed by atoms with van der Waals surface area (Å²) in [6.45, 7) is 0.398. The molecule has 1 saturated carbocycles. The lowest BCUT2D eigenvalue weighted by Crippen LogP contribution is -2.47. The van der Waals surface area contributed by atoms with Crippen LogP contribution in [0, 0.1) is 0 Å². The molecule has 0 saturated heterocycles. The van der Waals surface area contributed by atoms with Crippen molar-refractivity contribution in [2.24, 2.45) is 0 Å². The van der Waals surface area contributed by atoms with E-state index in [0.29, 0.717) is 6.54 Å². The molecule has 1 heterocycles. The Kier molecular flexibility index (Phi) is 5.61. The molecular weight excluding hydrogens is 364 g/mol. The summed E-state index contributed by atoms with van der Waals surface area (Å²) in [6, 6.07) is 15.4. The maximum atomic E-state index is 14.0. The molecule has 2 aliphatic rings. The van der Waals surface area contributed by atoms with Crippen LogP contribution in [0.4, 0.5) is 5.69 Å². The number of hydrogen-bond acceptors (Lipinski definition) is 4. The molecule has 2 atom stereocenters. The first-order chi connectivity index (χ1) is 14.1. The van der Waals surface area contributed by atoms with E-state index < -0.39 is 17.6 Å². The van der Waals surface area contributed by atoms with Crippen LogP contribution in [0.25, 0.3) is 0 Å². The van der Waals surface area contributed by atoms with Crippen molar-refractivity contribution in [1.82, 2.24) is 5.32 Å². The average Bonchev–Trinajstić information content (AvgIpc) is 2.98. The Hall–Kier alpha value is -2.37. The zero-order chi connectivity index (χ0) is 20.4. The summed E-state index contributed by atoms with van der Waals surface area (Å²) >= 11 is 0. The maximum absolute atomic E-state index is 14.0. The molecule has 29 heavy (non-hydrogen) atoms. The number of likely N-dealkylation sites (N-methyl/N-ethyl adjacent to an activating group) is 1. The van der Waals surface area contributed by atoms with Crippen molar-refractivity contribution in [3.8, 4) is 5.75 Å². The Morgan fingerprint density at radius 3 is 2.52 bits per heavy atom. The third-order valence-electron chi connectivity index (χ3n) is 6.51. The number of carbonyl (C=O) groups is 1. The quantitative estimate of drug-likeness (QED) is 0.786. The van der Waals surface area contributed by atoms with E-state index in [4.69, 9.17) is 4.74 Å². The number of carbonyl (C=O) groups excluding carboxylic acids is 1. The van der Waals surface area contributed by atoms with E-state index in [9.17, 15) is 9.90 Å². The molecule has 0 aromatic heterocycles. The van der Waals surface area contributed by atoms with Crippen molar-refractivity contribution in [3.63, 3.8) is 0 Å². The van der Waals surface area contributed by atoms with Crippen LogP contribution in [0.15, 0.2) is 48.5 Å². The highest BCUT2D eigenvalue weighted by atomic mass is 16.5. The number of fused-ring (bicyclic) bond motifs is 2. The maximum Gasteiger partial charge on any atom is 0.238 e. The first kappa shape index (κ1) is 19.9. The van der Waals surface area contributed by atoms with Crippen LogP contribution in [-0.2, 0) is 10.2 Å². The minimum absolute atomic E-state index is 0.115. The molecule has 0 unspecified atom stereocenters. The number of methoxy groups -OCH3 is 1. The lowest BCUT2D eigenvalue weighted by molar-refractivity contribution is -0.125. The predicted octanol–water partition coefficient (Wildman–Crippen LogP) is 3.57. The van der Waals surface area contributed by atoms with Gasteiger partial charge >= 0.3 is 0 Å². The van der Waals surface area contributed by atoms with Crippen molar-refractivity contribution in [3.05, 3.63) is 59.7 Å². The van der Waals surface area contributed by atoms with Crippen LogP contribution in [0.3, 0.4) is 0 Å². The summed E-state index contributed by atoms with van der Waals surface area (Å²) in [4.78, 5) is 15.9. The summed E-state index contributed by atoms with van der Waals surface area (Å²) in [7, 11) is 3.46. The van der Waals surface area contributed by atoms with Gasteiger partial charge in [-0.1, -0.05) is 55.7 Å². The van der Waals surface area contributed by atoms with Crippen LogP contribution in [0.1, 0.15) is 49.3 Å². The van der Waals surface area contributed by atoms with E-state index >= 15 is 0 Å². The van der Waals surface area contributed by atoms with Crippen molar-refractivity contribution in [2.45, 2.75) is 49.7 Å². The Balaban J connectivity index is 1.88. The molecule has 1 fully saturated rings. The fourth-order valence-corrected chi connectivity index (χ4v) is 5.13. The number of anilines is 1. The molecule has 4 rings (SSSR count). The topological polar surface area (TPSA) is 61.8 Å². The molecule has 5 nitrogen and oxygen atoms in total. The normalized spacial score (nSPS) is 19.8. The van der Waals surface area contributed by atoms with Gasteiger partial charge in [-0.25, -0.2) is 0 Å². The van der Waals surface area contributed by atoms with Gasteiger partial charge in [0.05, 0.1) is 30.4 Å². The summed E-state index contributed by atoms with van der Waals surface area (Å²) in [5.41, 5.74) is 2.41. The Bertz CT molecular complexity index is 862. The SMILES string of the molecule is CNC[C@@H](O)[C@H](c1ccccc1)N1C(=O)C2(CCCCC2)c2ccc(OC)cc21. The minimum atomic E-state index is -0.732. The average molecular weight is 395 g/mol. The Morgan fingerprint density at radius 2 is 1.86 bits per heavy atom. The molecule has 5 heteroatoms. The van der Waals surface area contributed by atoms with E-state index in [1.807, 2.05) is 54.4 Å². The van der Waals surface area contributed by atoms with Gasteiger partial charge in [-0.15, -0.1) is 0 Å². The van der Waals surface area contributed by atoms with E-state index in [1.165, 1.54) is 6.42 Å². The zero-order valence-electron chi connectivity index (χ0n) is 17.2. The van der Waals surface area contributed by atoms with Gasteiger partial charge in [0.25, 0.3) is 0 Å². The van der Waals surface area contributed by atoms with Gasteiger partial charge in [-0.3, -0.25) is 4.79 Å². The lowest BCUT2D eigenvalue weighted by atomic mass is 9.70. The van der Waals surface area contributed by atoms with Gasteiger partial charge in [-0.2, -0.15) is 0 Å². The predicted molar refractivity (Wildman–Crippen MR) is 114 cm³/mol. The highest BCUT2D eigenvalue weighted by Gasteiger charge is 2.53. The van der Waals surface area contributed by atoms with Crippen molar-refractivity contribution < 1.29 is 14.6 Å². The number of nitrogens with one attached hydrogen (secondary N) is 1. The third kappa shape index (κ3) is 3.32. The number of benzene rings is 2. The summed E-state index contributed by atoms with van der Waals surface area (Å²) in [5.74, 6) is 0.841. The monoisotopic (exact) mass is 394 g/mol. The second-order valence-corrected chi connectivity index (χ2v) is 8.18. The van der Waals surface area contributed by atoms with Crippen molar-refractivity contribution in [1.29, 1.82) is 0 Å². The largest absolute Gasteiger partial charge is 0.497 e. The number of hydrogen-bond donors (Lipinski definition) is 2. The molecule has 2 aromatic carbocycles. The molecular formula is C24H30N2O3. The van der Waals surface area contributed by atoms with E-state index in [0.717, 1.165) is 48.2 Å². The molecule has 154 valence electrons.